The lowest BCUT2D eigenvalue weighted by molar-refractivity contribution is 0.0921. The van der Waals surface area contributed by atoms with Gasteiger partial charge in [0, 0.05) is 42.5 Å². The first-order valence-electron chi connectivity index (χ1n) is 13.7. The van der Waals surface area contributed by atoms with Crippen LogP contribution >= 0.6 is 0 Å². The third kappa shape index (κ3) is 5.59. The summed E-state index contributed by atoms with van der Waals surface area (Å²) in [6.45, 7) is 4.05. The lowest BCUT2D eigenvalue weighted by Gasteiger charge is -2.32. The number of pyridine rings is 1. The highest BCUT2D eigenvalue weighted by molar-refractivity contribution is 6.06. The van der Waals surface area contributed by atoms with Crippen LogP contribution in [0.2, 0.25) is 0 Å². The standard InChI is InChI=1S/C31H35N5O/c37-31(28-8-4-10-29-27(28)9-5-17-32-29)33-26-13-11-23(12-14-26)15-18-35-19-16-25-21-36(34-30(25)22-35)20-24-6-2-1-3-7-24/h1-10,17,21,23,26H,11-16,18-20,22H2,(H,33,37). The number of carbonyl (C=O) groups is 1. The van der Waals surface area contributed by atoms with Gasteiger partial charge in [-0.3, -0.25) is 19.4 Å². The topological polar surface area (TPSA) is 63.1 Å². The lowest BCUT2D eigenvalue weighted by Crippen LogP contribution is -2.38. The van der Waals surface area contributed by atoms with Crippen LogP contribution in [0.1, 0.15) is 59.3 Å². The van der Waals surface area contributed by atoms with E-state index in [0.29, 0.717) is 0 Å². The molecule has 1 fully saturated rings. The molecule has 190 valence electrons. The summed E-state index contributed by atoms with van der Waals surface area (Å²) in [5, 5.41) is 9.12. The SMILES string of the molecule is O=C(NC1CCC(CCN2CCc3cn(Cc4ccccc4)nc3C2)CC1)c1cccc2ncccc12. The summed E-state index contributed by atoms with van der Waals surface area (Å²) in [4.78, 5) is 19.9. The molecule has 2 aromatic heterocycles. The summed E-state index contributed by atoms with van der Waals surface area (Å²) < 4.78 is 2.10. The zero-order valence-electron chi connectivity index (χ0n) is 21.4. The Kier molecular flexibility index (Phi) is 7.00. The molecule has 0 saturated heterocycles. The highest BCUT2D eigenvalue weighted by atomic mass is 16.1. The average molecular weight is 494 g/mol. The molecule has 1 saturated carbocycles. The number of hydrogen-bond donors (Lipinski definition) is 1. The van der Waals surface area contributed by atoms with E-state index in [-0.39, 0.29) is 11.9 Å². The number of carbonyl (C=O) groups excluding carboxylic acids is 1. The average Bonchev–Trinajstić information content (AvgIpc) is 3.34. The van der Waals surface area contributed by atoms with Gasteiger partial charge in [0.05, 0.1) is 17.8 Å². The molecule has 37 heavy (non-hydrogen) atoms. The van der Waals surface area contributed by atoms with Crippen LogP contribution in [0.15, 0.2) is 73.1 Å². The molecule has 0 unspecified atom stereocenters. The normalized spacial score (nSPS) is 20.0. The molecule has 1 N–H and O–H groups in total. The number of amides is 1. The minimum Gasteiger partial charge on any atom is -0.349 e. The van der Waals surface area contributed by atoms with Gasteiger partial charge in [-0.15, -0.1) is 0 Å². The van der Waals surface area contributed by atoms with Crippen LogP contribution in [-0.2, 0) is 19.5 Å². The van der Waals surface area contributed by atoms with Crippen LogP contribution in [0.5, 0.6) is 0 Å². The first-order chi connectivity index (χ1) is 18.2. The second-order valence-corrected chi connectivity index (χ2v) is 10.7. The van der Waals surface area contributed by atoms with Crippen molar-refractivity contribution >= 4 is 16.8 Å². The van der Waals surface area contributed by atoms with Crippen LogP contribution in [-0.4, -0.2) is 44.7 Å². The van der Waals surface area contributed by atoms with E-state index in [0.717, 1.165) is 67.8 Å². The molecule has 0 atom stereocenters. The Morgan fingerprint density at radius 2 is 1.84 bits per heavy atom. The van der Waals surface area contributed by atoms with E-state index < -0.39 is 0 Å². The van der Waals surface area contributed by atoms with Crippen LogP contribution < -0.4 is 5.32 Å². The summed E-state index contributed by atoms with van der Waals surface area (Å²) in [6.07, 6.45) is 10.8. The molecule has 1 amide bonds. The summed E-state index contributed by atoms with van der Waals surface area (Å²) in [5.74, 6) is 0.768. The molecule has 0 radical (unpaired) electrons. The van der Waals surface area contributed by atoms with E-state index in [1.807, 2.05) is 30.3 Å². The van der Waals surface area contributed by atoms with Crippen molar-refractivity contribution in [1.29, 1.82) is 0 Å². The van der Waals surface area contributed by atoms with Crippen molar-refractivity contribution in [2.24, 2.45) is 5.92 Å². The molecule has 3 heterocycles. The fourth-order valence-electron chi connectivity index (χ4n) is 5.98. The van der Waals surface area contributed by atoms with Gasteiger partial charge in [-0.2, -0.15) is 5.10 Å². The van der Waals surface area contributed by atoms with Gasteiger partial charge in [0.25, 0.3) is 5.91 Å². The quantitative estimate of drug-likeness (QED) is 0.384. The van der Waals surface area contributed by atoms with Crippen molar-refractivity contribution in [2.75, 3.05) is 13.1 Å². The predicted molar refractivity (Wildman–Crippen MR) is 146 cm³/mol. The molecule has 6 heteroatoms. The zero-order chi connectivity index (χ0) is 25.0. The Labute approximate surface area is 218 Å². The zero-order valence-corrected chi connectivity index (χ0v) is 21.4. The third-order valence-corrected chi connectivity index (χ3v) is 8.11. The van der Waals surface area contributed by atoms with Gasteiger partial charge in [-0.1, -0.05) is 42.5 Å². The lowest BCUT2D eigenvalue weighted by atomic mass is 9.84. The molecule has 1 aliphatic carbocycles. The summed E-state index contributed by atoms with van der Waals surface area (Å²) >= 11 is 0. The van der Waals surface area contributed by atoms with Crippen LogP contribution in [0, 0.1) is 5.92 Å². The molecule has 2 aromatic carbocycles. The fraction of sp³-hybridized carbons (Fsp3) is 0.387. The smallest absolute Gasteiger partial charge is 0.252 e. The number of hydrogen-bond acceptors (Lipinski definition) is 4. The van der Waals surface area contributed by atoms with E-state index in [9.17, 15) is 4.79 Å². The highest BCUT2D eigenvalue weighted by Gasteiger charge is 2.25. The van der Waals surface area contributed by atoms with Crippen LogP contribution in [0.3, 0.4) is 0 Å². The van der Waals surface area contributed by atoms with Gasteiger partial charge < -0.3 is 5.32 Å². The van der Waals surface area contributed by atoms with Gasteiger partial charge in [0.1, 0.15) is 0 Å². The van der Waals surface area contributed by atoms with E-state index in [4.69, 9.17) is 5.10 Å². The maximum absolute atomic E-state index is 13.0. The predicted octanol–water partition coefficient (Wildman–Crippen LogP) is 5.22. The number of nitrogens with zero attached hydrogens (tertiary/aromatic N) is 4. The van der Waals surface area contributed by atoms with Crippen molar-refractivity contribution in [3.8, 4) is 0 Å². The molecule has 1 aliphatic heterocycles. The molecule has 0 bridgehead atoms. The molecule has 0 spiro atoms. The van der Waals surface area contributed by atoms with Crippen molar-refractivity contribution < 1.29 is 4.79 Å². The number of rotatable bonds is 7. The number of fused-ring (bicyclic) bond motifs is 2. The maximum atomic E-state index is 13.0. The summed E-state index contributed by atoms with van der Waals surface area (Å²) in [6, 6.07) is 20.5. The van der Waals surface area contributed by atoms with E-state index >= 15 is 0 Å². The molecular weight excluding hydrogens is 458 g/mol. The Hall–Kier alpha value is -3.51. The van der Waals surface area contributed by atoms with Gasteiger partial charge in [-0.25, -0.2) is 0 Å². The monoisotopic (exact) mass is 493 g/mol. The fourth-order valence-corrected chi connectivity index (χ4v) is 5.98. The van der Waals surface area contributed by atoms with Gasteiger partial charge in [-0.05, 0) is 80.3 Å². The van der Waals surface area contributed by atoms with Crippen molar-refractivity contribution in [1.82, 2.24) is 25.0 Å². The first-order valence-corrected chi connectivity index (χ1v) is 13.7. The molecule has 6 nitrogen and oxygen atoms in total. The summed E-state index contributed by atoms with van der Waals surface area (Å²) in [5.41, 5.74) is 5.54. The third-order valence-electron chi connectivity index (χ3n) is 8.11. The first kappa shape index (κ1) is 23.9. The van der Waals surface area contributed by atoms with Gasteiger partial charge >= 0.3 is 0 Å². The number of aromatic nitrogens is 3. The second kappa shape index (κ2) is 10.9. The van der Waals surface area contributed by atoms with Crippen molar-refractivity contribution in [3.05, 3.63) is 95.4 Å². The second-order valence-electron chi connectivity index (χ2n) is 10.7. The summed E-state index contributed by atoms with van der Waals surface area (Å²) in [7, 11) is 0. The van der Waals surface area contributed by atoms with Crippen LogP contribution in [0.4, 0.5) is 0 Å². The minimum atomic E-state index is 0.0258. The highest BCUT2D eigenvalue weighted by Crippen LogP contribution is 2.28. The Balaban J connectivity index is 0.962. The van der Waals surface area contributed by atoms with E-state index in [1.165, 1.54) is 36.1 Å². The molecular formula is C31H35N5O. The molecule has 4 aromatic rings. The Morgan fingerprint density at radius 3 is 2.70 bits per heavy atom. The number of benzene rings is 2. The van der Waals surface area contributed by atoms with Crippen molar-refractivity contribution in [3.63, 3.8) is 0 Å². The van der Waals surface area contributed by atoms with Crippen LogP contribution in [0.25, 0.3) is 10.9 Å². The molecule has 6 rings (SSSR count). The number of nitrogens with one attached hydrogen (secondary N) is 1. The maximum Gasteiger partial charge on any atom is 0.252 e. The molecule has 2 aliphatic rings. The largest absolute Gasteiger partial charge is 0.349 e. The van der Waals surface area contributed by atoms with Gasteiger partial charge in [0.15, 0.2) is 0 Å². The minimum absolute atomic E-state index is 0.0258. The Bertz CT molecular complexity index is 1350. The Morgan fingerprint density at radius 1 is 0.973 bits per heavy atom. The van der Waals surface area contributed by atoms with E-state index in [1.54, 1.807) is 6.20 Å². The van der Waals surface area contributed by atoms with E-state index in [2.05, 4.69) is 56.4 Å². The van der Waals surface area contributed by atoms with Crippen molar-refractivity contribution in [2.45, 2.75) is 57.7 Å². The van der Waals surface area contributed by atoms with Gasteiger partial charge in [0.2, 0.25) is 0 Å².